The zero-order valence-corrected chi connectivity index (χ0v) is 14.8. The summed E-state index contributed by atoms with van der Waals surface area (Å²) >= 11 is 4.68. The maximum Gasteiger partial charge on any atom is 0.311 e. The first-order valence-corrected chi connectivity index (χ1v) is 8.86. The van der Waals surface area contributed by atoms with Crippen LogP contribution in [-0.4, -0.2) is 23.8 Å². The highest BCUT2D eigenvalue weighted by Crippen LogP contribution is 2.17. The van der Waals surface area contributed by atoms with E-state index in [2.05, 4.69) is 31.4 Å². The lowest BCUT2D eigenvalue weighted by atomic mass is 10.1. The van der Waals surface area contributed by atoms with E-state index in [0.717, 1.165) is 5.56 Å². The van der Waals surface area contributed by atoms with Crippen LogP contribution < -0.4 is 5.43 Å². The summed E-state index contributed by atoms with van der Waals surface area (Å²) < 4.78 is 18.1. The summed E-state index contributed by atoms with van der Waals surface area (Å²) in [5.41, 5.74) is 5.01. The second-order valence-electron chi connectivity index (χ2n) is 4.47. The van der Waals surface area contributed by atoms with Gasteiger partial charge >= 0.3 is 5.97 Å². The molecule has 1 aromatic heterocycles. The summed E-state index contributed by atoms with van der Waals surface area (Å²) in [6, 6.07) is 4.52. The fourth-order valence-corrected chi connectivity index (χ4v) is 2.93. The number of hydrogen-bond donors (Lipinski definition) is 1. The molecule has 0 amide bonds. The van der Waals surface area contributed by atoms with E-state index in [0.29, 0.717) is 28.3 Å². The van der Waals surface area contributed by atoms with Gasteiger partial charge in [-0.2, -0.15) is 5.10 Å². The van der Waals surface area contributed by atoms with Gasteiger partial charge in [0.25, 0.3) is 0 Å². The van der Waals surface area contributed by atoms with Gasteiger partial charge in [-0.1, -0.05) is 22.0 Å². The topological polar surface area (TPSA) is 63.6 Å². The quantitative estimate of drug-likeness (QED) is 0.333. The van der Waals surface area contributed by atoms with Gasteiger partial charge in [0.2, 0.25) is 5.13 Å². The summed E-state index contributed by atoms with van der Waals surface area (Å²) in [6.45, 7) is 2.11. The maximum absolute atomic E-state index is 13.3. The zero-order valence-electron chi connectivity index (χ0n) is 12.4. The lowest BCUT2D eigenvalue weighted by molar-refractivity contribution is -0.142. The van der Waals surface area contributed by atoms with E-state index in [1.165, 1.54) is 29.7 Å². The first-order valence-electron chi connectivity index (χ1n) is 6.86. The maximum atomic E-state index is 13.3. The Labute approximate surface area is 145 Å². The number of esters is 1. The molecule has 122 valence electrons. The first kappa shape index (κ1) is 17.6. The molecule has 1 heterocycles. The highest BCUT2D eigenvalue weighted by Gasteiger charge is 2.08. The molecular formula is C15H15BrFN3O2S. The molecule has 2 aromatic rings. The van der Waals surface area contributed by atoms with Crippen LogP contribution in [0.2, 0.25) is 0 Å². The van der Waals surface area contributed by atoms with E-state index in [1.54, 1.807) is 18.4 Å². The Bertz CT molecular complexity index is 706. The van der Waals surface area contributed by atoms with Crippen LogP contribution in [0.3, 0.4) is 0 Å². The predicted molar refractivity (Wildman–Crippen MR) is 92.7 cm³/mol. The Morgan fingerprint density at radius 3 is 3.13 bits per heavy atom. The average molecular weight is 400 g/mol. The van der Waals surface area contributed by atoms with Crippen LogP contribution >= 0.6 is 27.3 Å². The predicted octanol–water partition coefficient (Wildman–Crippen LogP) is 3.73. The molecule has 23 heavy (non-hydrogen) atoms. The number of carbonyl (C=O) groups is 1. The molecule has 0 bridgehead atoms. The number of alkyl halides is 1. The summed E-state index contributed by atoms with van der Waals surface area (Å²) in [7, 11) is 0. The van der Waals surface area contributed by atoms with Crippen molar-refractivity contribution in [1.82, 2.24) is 4.98 Å². The van der Waals surface area contributed by atoms with E-state index in [1.807, 2.05) is 0 Å². The molecular weight excluding hydrogens is 385 g/mol. The normalized spacial score (nSPS) is 10.9. The van der Waals surface area contributed by atoms with Crippen molar-refractivity contribution >= 4 is 44.6 Å². The second-order valence-corrected chi connectivity index (χ2v) is 5.89. The molecule has 5 nitrogen and oxygen atoms in total. The monoisotopic (exact) mass is 399 g/mol. The molecule has 0 saturated carbocycles. The van der Waals surface area contributed by atoms with Gasteiger partial charge in [-0.3, -0.25) is 10.2 Å². The highest BCUT2D eigenvalue weighted by atomic mass is 79.9. The lowest BCUT2D eigenvalue weighted by Gasteiger charge is -2.01. The van der Waals surface area contributed by atoms with E-state index in [4.69, 9.17) is 4.74 Å². The SMILES string of the molecule is CCOC(=O)Cc1csc(NN=Cc2cc(F)ccc2CBr)n1. The molecule has 0 unspecified atom stereocenters. The minimum atomic E-state index is -0.317. The van der Waals surface area contributed by atoms with Crippen LogP contribution in [0, 0.1) is 5.82 Å². The Hall–Kier alpha value is -1.80. The number of anilines is 1. The number of hydrazone groups is 1. The molecule has 8 heteroatoms. The van der Waals surface area contributed by atoms with Crippen LogP contribution in [0.15, 0.2) is 28.7 Å². The Morgan fingerprint density at radius 1 is 1.57 bits per heavy atom. The van der Waals surface area contributed by atoms with Gasteiger partial charge in [0.15, 0.2) is 0 Å². The Kier molecular flexibility index (Phi) is 6.66. The molecule has 0 aliphatic rings. The summed E-state index contributed by atoms with van der Waals surface area (Å²) in [5, 5.41) is 6.98. The second kappa shape index (κ2) is 8.73. The van der Waals surface area contributed by atoms with Crippen LogP contribution in [0.25, 0.3) is 0 Å². The number of benzene rings is 1. The number of halogens is 2. The van der Waals surface area contributed by atoms with Gasteiger partial charge in [0.1, 0.15) is 5.82 Å². The van der Waals surface area contributed by atoms with Crippen molar-refractivity contribution in [2.24, 2.45) is 5.10 Å². The fourth-order valence-electron chi connectivity index (χ4n) is 1.76. The molecule has 0 radical (unpaired) electrons. The first-order chi connectivity index (χ1) is 11.1. The van der Waals surface area contributed by atoms with Crippen molar-refractivity contribution < 1.29 is 13.9 Å². The minimum Gasteiger partial charge on any atom is -0.466 e. The van der Waals surface area contributed by atoms with E-state index < -0.39 is 0 Å². The number of nitrogens with zero attached hydrogens (tertiary/aromatic N) is 2. The summed E-state index contributed by atoms with van der Waals surface area (Å²) in [6.07, 6.45) is 1.67. The number of hydrogen-bond acceptors (Lipinski definition) is 6. The number of thiazole rings is 1. The third kappa shape index (κ3) is 5.40. The van der Waals surface area contributed by atoms with E-state index in [9.17, 15) is 9.18 Å². The Balaban J connectivity index is 1.97. The van der Waals surface area contributed by atoms with Crippen molar-refractivity contribution in [2.45, 2.75) is 18.7 Å². The van der Waals surface area contributed by atoms with Gasteiger partial charge in [0, 0.05) is 16.3 Å². The summed E-state index contributed by atoms with van der Waals surface area (Å²) in [5.74, 6) is -0.628. The molecule has 0 spiro atoms. The Morgan fingerprint density at radius 2 is 2.39 bits per heavy atom. The van der Waals surface area contributed by atoms with E-state index >= 15 is 0 Å². The molecule has 0 saturated heterocycles. The molecule has 2 rings (SSSR count). The third-order valence-electron chi connectivity index (χ3n) is 2.80. The molecule has 0 aliphatic heterocycles. The number of nitrogens with one attached hydrogen (secondary N) is 1. The van der Waals surface area contributed by atoms with Gasteiger partial charge in [-0.05, 0) is 24.6 Å². The summed E-state index contributed by atoms with van der Waals surface area (Å²) in [4.78, 5) is 15.6. The van der Waals surface area contributed by atoms with Crippen LogP contribution in [-0.2, 0) is 21.3 Å². The number of ether oxygens (including phenoxy) is 1. The van der Waals surface area contributed by atoms with Gasteiger partial charge in [-0.25, -0.2) is 9.37 Å². The smallest absolute Gasteiger partial charge is 0.311 e. The molecule has 0 atom stereocenters. The molecule has 0 aliphatic carbocycles. The molecule has 0 fully saturated rings. The standard InChI is InChI=1S/C15H15BrFN3O2S/c1-2-22-14(21)6-13-9-23-15(19-13)20-18-8-11-5-12(17)4-3-10(11)7-16/h3-5,8-9H,2,6-7H2,1H3,(H,19,20). The molecule has 1 aromatic carbocycles. The number of aromatic nitrogens is 1. The van der Waals surface area contributed by atoms with Crippen LogP contribution in [0.4, 0.5) is 9.52 Å². The molecule has 1 N–H and O–H groups in total. The van der Waals surface area contributed by atoms with Crippen molar-refractivity contribution in [2.75, 3.05) is 12.0 Å². The number of rotatable bonds is 7. The van der Waals surface area contributed by atoms with Gasteiger partial charge in [0.05, 0.1) is 24.9 Å². The largest absolute Gasteiger partial charge is 0.466 e. The van der Waals surface area contributed by atoms with Gasteiger partial charge in [-0.15, -0.1) is 11.3 Å². The van der Waals surface area contributed by atoms with E-state index in [-0.39, 0.29) is 18.2 Å². The van der Waals surface area contributed by atoms with Crippen molar-refractivity contribution in [1.29, 1.82) is 0 Å². The fraction of sp³-hybridized carbons (Fsp3) is 0.267. The highest BCUT2D eigenvalue weighted by molar-refractivity contribution is 9.08. The van der Waals surface area contributed by atoms with Crippen molar-refractivity contribution in [3.8, 4) is 0 Å². The third-order valence-corrected chi connectivity index (χ3v) is 4.20. The van der Waals surface area contributed by atoms with Crippen LogP contribution in [0.5, 0.6) is 0 Å². The zero-order chi connectivity index (χ0) is 16.7. The number of carbonyl (C=O) groups excluding carboxylic acids is 1. The van der Waals surface area contributed by atoms with Crippen LogP contribution in [0.1, 0.15) is 23.7 Å². The van der Waals surface area contributed by atoms with Gasteiger partial charge < -0.3 is 4.74 Å². The lowest BCUT2D eigenvalue weighted by Crippen LogP contribution is -2.07. The average Bonchev–Trinajstić information content (AvgIpc) is 2.95. The van der Waals surface area contributed by atoms with Crippen molar-refractivity contribution in [3.63, 3.8) is 0 Å². The van der Waals surface area contributed by atoms with Crippen molar-refractivity contribution in [3.05, 3.63) is 46.2 Å². The minimum absolute atomic E-state index is 0.132.